The Kier molecular flexibility index (Phi) is 5.70. The third kappa shape index (κ3) is 6.10. The van der Waals surface area contributed by atoms with Crippen LogP contribution in [0, 0.1) is 5.92 Å². The van der Waals surface area contributed by atoms with E-state index in [2.05, 4.69) is 10.6 Å². The average Bonchev–Trinajstić information content (AvgIpc) is 3.29. The second kappa shape index (κ2) is 7.55. The molecule has 0 saturated heterocycles. The molecule has 1 aliphatic carbocycles. The highest BCUT2D eigenvalue weighted by molar-refractivity contribution is 5.90. The maximum Gasteiger partial charge on any atom is 0.410 e. The summed E-state index contributed by atoms with van der Waals surface area (Å²) in [5.41, 5.74) is 1.01. The lowest BCUT2D eigenvalue weighted by Gasteiger charge is -2.25. The number of nitrogens with one attached hydrogen (secondary N) is 2. The molecule has 24 heavy (non-hydrogen) atoms. The minimum Gasteiger partial charge on any atom is -0.444 e. The van der Waals surface area contributed by atoms with Gasteiger partial charge in [0, 0.05) is 19.3 Å². The summed E-state index contributed by atoms with van der Waals surface area (Å²) in [6, 6.07) is 7.24. The molecule has 0 unspecified atom stereocenters. The summed E-state index contributed by atoms with van der Waals surface area (Å²) in [4.78, 5) is 25.6. The highest BCUT2D eigenvalue weighted by Crippen LogP contribution is 2.27. The van der Waals surface area contributed by atoms with Crippen molar-refractivity contribution in [2.45, 2.75) is 45.8 Å². The van der Waals surface area contributed by atoms with Gasteiger partial charge in [-0.25, -0.2) is 9.59 Å². The van der Waals surface area contributed by atoms with Gasteiger partial charge in [-0.05, 0) is 51.2 Å². The molecule has 0 aromatic heterocycles. The first-order chi connectivity index (χ1) is 11.2. The second-order valence-corrected chi connectivity index (χ2v) is 7.27. The summed E-state index contributed by atoms with van der Waals surface area (Å²) in [5.74, 6) is 0.629. The van der Waals surface area contributed by atoms with E-state index in [0.29, 0.717) is 24.7 Å². The summed E-state index contributed by atoms with van der Waals surface area (Å²) in [7, 11) is 1.68. The van der Waals surface area contributed by atoms with Crippen molar-refractivity contribution >= 4 is 17.8 Å². The van der Waals surface area contributed by atoms with Crippen LogP contribution in [-0.4, -0.2) is 36.2 Å². The Morgan fingerprint density at radius 2 is 1.92 bits per heavy atom. The molecule has 1 aliphatic rings. The molecule has 0 heterocycles. The van der Waals surface area contributed by atoms with Gasteiger partial charge in [0.05, 0.1) is 6.54 Å². The lowest BCUT2D eigenvalue weighted by Crippen LogP contribution is -2.34. The summed E-state index contributed by atoms with van der Waals surface area (Å²) in [6.45, 7) is 6.56. The van der Waals surface area contributed by atoms with E-state index in [1.54, 1.807) is 7.05 Å². The van der Waals surface area contributed by atoms with Crippen molar-refractivity contribution in [1.29, 1.82) is 0 Å². The van der Waals surface area contributed by atoms with E-state index >= 15 is 0 Å². The zero-order valence-electron chi connectivity index (χ0n) is 14.9. The van der Waals surface area contributed by atoms with Crippen LogP contribution in [0.1, 0.15) is 39.2 Å². The van der Waals surface area contributed by atoms with Gasteiger partial charge in [0.15, 0.2) is 0 Å². The number of amides is 3. The molecule has 0 bridgehead atoms. The van der Waals surface area contributed by atoms with Crippen molar-refractivity contribution in [3.05, 3.63) is 29.8 Å². The molecule has 2 rings (SSSR count). The molecule has 2 N–H and O–H groups in total. The number of urea groups is 1. The van der Waals surface area contributed by atoms with E-state index in [1.165, 1.54) is 17.7 Å². The highest BCUT2D eigenvalue weighted by atomic mass is 16.6. The van der Waals surface area contributed by atoms with E-state index < -0.39 is 11.7 Å². The van der Waals surface area contributed by atoms with E-state index in [0.717, 1.165) is 5.56 Å². The van der Waals surface area contributed by atoms with E-state index in [-0.39, 0.29) is 6.03 Å². The van der Waals surface area contributed by atoms with E-state index in [1.807, 2.05) is 45.0 Å². The van der Waals surface area contributed by atoms with Gasteiger partial charge >= 0.3 is 12.1 Å². The van der Waals surface area contributed by atoms with Crippen LogP contribution >= 0.6 is 0 Å². The molecule has 3 amide bonds. The van der Waals surface area contributed by atoms with Crippen LogP contribution in [-0.2, 0) is 11.3 Å². The van der Waals surface area contributed by atoms with Crippen LogP contribution < -0.4 is 10.6 Å². The molecule has 0 spiro atoms. The van der Waals surface area contributed by atoms with Crippen LogP contribution in [0.15, 0.2) is 24.3 Å². The van der Waals surface area contributed by atoms with Crippen LogP contribution in [0.25, 0.3) is 0 Å². The number of anilines is 1. The Bertz CT molecular complexity index is 591. The first kappa shape index (κ1) is 18.1. The number of ether oxygens (including phenoxy) is 1. The molecule has 0 atom stereocenters. The van der Waals surface area contributed by atoms with Crippen molar-refractivity contribution in [3.63, 3.8) is 0 Å². The van der Waals surface area contributed by atoms with Crippen molar-refractivity contribution in [2.75, 3.05) is 18.9 Å². The highest BCUT2D eigenvalue weighted by Gasteiger charge is 2.22. The molecule has 1 fully saturated rings. The van der Waals surface area contributed by atoms with E-state index in [4.69, 9.17) is 4.74 Å². The molecular weight excluding hydrogens is 306 g/mol. The minimum absolute atomic E-state index is 0.214. The van der Waals surface area contributed by atoms with Gasteiger partial charge in [-0.15, -0.1) is 0 Å². The number of carbonyl (C=O) groups is 2. The van der Waals surface area contributed by atoms with Crippen LogP contribution in [0.3, 0.4) is 0 Å². The summed E-state index contributed by atoms with van der Waals surface area (Å²) >= 11 is 0. The first-order valence-corrected chi connectivity index (χ1v) is 8.31. The monoisotopic (exact) mass is 333 g/mol. The molecule has 1 aromatic rings. The lowest BCUT2D eigenvalue weighted by molar-refractivity contribution is 0.0285. The number of hydrogen-bond acceptors (Lipinski definition) is 3. The zero-order chi connectivity index (χ0) is 17.7. The van der Waals surface area contributed by atoms with Gasteiger partial charge in [0.25, 0.3) is 0 Å². The number of nitrogens with zero attached hydrogens (tertiary/aromatic N) is 1. The predicted molar refractivity (Wildman–Crippen MR) is 93.9 cm³/mol. The summed E-state index contributed by atoms with van der Waals surface area (Å²) in [5, 5.41) is 5.73. The number of para-hydroxylation sites is 1. The van der Waals surface area contributed by atoms with Crippen LogP contribution in [0.5, 0.6) is 0 Å². The molecule has 0 radical (unpaired) electrons. The van der Waals surface area contributed by atoms with Crippen molar-refractivity contribution in [2.24, 2.45) is 5.92 Å². The summed E-state index contributed by atoms with van der Waals surface area (Å²) < 4.78 is 5.35. The molecule has 1 aromatic carbocycles. The smallest absolute Gasteiger partial charge is 0.410 e. The molecule has 6 heteroatoms. The van der Waals surface area contributed by atoms with Gasteiger partial charge in [-0.2, -0.15) is 0 Å². The third-order valence-corrected chi connectivity index (χ3v) is 3.63. The molecular formula is C18H27N3O3. The fraction of sp³-hybridized carbons (Fsp3) is 0.556. The Balaban J connectivity index is 1.94. The van der Waals surface area contributed by atoms with E-state index in [9.17, 15) is 9.59 Å². The fourth-order valence-electron chi connectivity index (χ4n) is 2.17. The minimum atomic E-state index is -0.536. The third-order valence-electron chi connectivity index (χ3n) is 3.63. The normalized spacial score (nSPS) is 14.0. The van der Waals surface area contributed by atoms with Gasteiger partial charge in [-0.1, -0.05) is 18.2 Å². The van der Waals surface area contributed by atoms with Crippen molar-refractivity contribution in [3.8, 4) is 0 Å². The van der Waals surface area contributed by atoms with Crippen LogP contribution in [0.4, 0.5) is 15.3 Å². The fourth-order valence-corrected chi connectivity index (χ4v) is 2.17. The molecule has 6 nitrogen and oxygen atoms in total. The standard InChI is InChI=1S/C18H27N3O3/c1-18(2,3)24-17(23)21(4)12-14-7-5-6-8-15(14)20-16(22)19-11-13-9-10-13/h5-8,13H,9-12H2,1-4H3,(H2,19,20,22). The topological polar surface area (TPSA) is 70.7 Å². The Morgan fingerprint density at radius 1 is 1.25 bits per heavy atom. The van der Waals surface area contributed by atoms with Crippen LogP contribution in [0.2, 0.25) is 0 Å². The maximum absolute atomic E-state index is 12.1. The predicted octanol–water partition coefficient (Wildman–Crippen LogP) is 3.59. The molecule has 0 aliphatic heterocycles. The Labute approximate surface area is 143 Å². The number of carbonyl (C=O) groups excluding carboxylic acids is 2. The quantitative estimate of drug-likeness (QED) is 0.865. The van der Waals surface area contributed by atoms with Gasteiger partial charge in [0.2, 0.25) is 0 Å². The number of rotatable bonds is 5. The first-order valence-electron chi connectivity index (χ1n) is 8.31. The Hall–Kier alpha value is -2.24. The zero-order valence-corrected chi connectivity index (χ0v) is 14.9. The summed E-state index contributed by atoms with van der Waals surface area (Å²) in [6.07, 6.45) is 1.99. The molecule has 1 saturated carbocycles. The number of hydrogen-bond donors (Lipinski definition) is 2. The van der Waals surface area contributed by atoms with Crippen molar-refractivity contribution < 1.29 is 14.3 Å². The second-order valence-electron chi connectivity index (χ2n) is 7.27. The SMILES string of the molecule is CN(Cc1ccccc1NC(=O)NCC1CC1)C(=O)OC(C)(C)C. The van der Waals surface area contributed by atoms with Crippen molar-refractivity contribution in [1.82, 2.24) is 10.2 Å². The lowest BCUT2D eigenvalue weighted by atomic mass is 10.1. The number of benzene rings is 1. The maximum atomic E-state index is 12.1. The average molecular weight is 333 g/mol. The molecule has 132 valence electrons. The Morgan fingerprint density at radius 3 is 2.54 bits per heavy atom. The van der Waals surface area contributed by atoms with Gasteiger partial charge in [0.1, 0.15) is 5.60 Å². The van der Waals surface area contributed by atoms with Gasteiger partial charge < -0.3 is 20.3 Å². The largest absolute Gasteiger partial charge is 0.444 e. The van der Waals surface area contributed by atoms with Gasteiger partial charge in [-0.3, -0.25) is 0 Å².